The van der Waals surface area contributed by atoms with Crippen LogP contribution in [-0.4, -0.2) is 42.2 Å². The van der Waals surface area contributed by atoms with Gasteiger partial charge in [0.15, 0.2) is 11.6 Å². The maximum atomic E-state index is 13.9. The molecule has 0 unspecified atom stereocenters. The Morgan fingerprint density at radius 2 is 1.75 bits per heavy atom. The summed E-state index contributed by atoms with van der Waals surface area (Å²) in [5.41, 5.74) is 7.44. The van der Waals surface area contributed by atoms with Gasteiger partial charge in [0.1, 0.15) is 17.8 Å². The molecular formula is C17H23FN6. The molecular weight excluding hydrogens is 307 g/mol. The molecule has 1 aliphatic heterocycles. The third-order valence-corrected chi connectivity index (χ3v) is 4.06. The van der Waals surface area contributed by atoms with E-state index in [1.165, 1.54) is 12.4 Å². The van der Waals surface area contributed by atoms with E-state index < -0.39 is 0 Å². The quantitative estimate of drug-likeness (QED) is 0.897. The second kappa shape index (κ2) is 6.90. The molecule has 7 heteroatoms. The molecule has 1 fully saturated rings. The van der Waals surface area contributed by atoms with E-state index in [4.69, 9.17) is 5.73 Å². The lowest BCUT2D eigenvalue weighted by molar-refractivity contribution is 0.596. The van der Waals surface area contributed by atoms with Gasteiger partial charge in [0.2, 0.25) is 0 Å². The van der Waals surface area contributed by atoms with Gasteiger partial charge < -0.3 is 20.9 Å². The number of halogens is 1. The van der Waals surface area contributed by atoms with Crippen LogP contribution in [0.5, 0.6) is 0 Å². The molecule has 0 aliphatic carbocycles. The number of anilines is 4. The van der Waals surface area contributed by atoms with E-state index >= 15 is 0 Å². The Kier molecular flexibility index (Phi) is 4.69. The Labute approximate surface area is 141 Å². The van der Waals surface area contributed by atoms with Crippen LogP contribution in [0.25, 0.3) is 0 Å². The lowest BCUT2D eigenvalue weighted by atomic mass is 10.2. The van der Waals surface area contributed by atoms with Crippen LogP contribution in [-0.2, 0) is 0 Å². The third-order valence-electron chi connectivity index (χ3n) is 4.06. The second-order valence-electron chi connectivity index (χ2n) is 6.18. The first-order valence-electron chi connectivity index (χ1n) is 8.17. The number of nitrogens with one attached hydrogen (secondary N) is 1. The molecule has 0 atom stereocenters. The summed E-state index contributed by atoms with van der Waals surface area (Å²) in [6.45, 7) is 6.98. The van der Waals surface area contributed by atoms with Crippen molar-refractivity contribution in [1.82, 2.24) is 9.97 Å². The molecule has 0 bridgehead atoms. The molecule has 2 aromatic rings. The van der Waals surface area contributed by atoms with E-state index in [0.717, 1.165) is 32.0 Å². The number of rotatable bonds is 4. The Balaban J connectivity index is 1.72. The zero-order chi connectivity index (χ0) is 17.1. The highest BCUT2D eigenvalue weighted by Crippen LogP contribution is 2.28. The van der Waals surface area contributed by atoms with Crippen molar-refractivity contribution in [1.29, 1.82) is 0 Å². The molecule has 0 amide bonds. The Morgan fingerprint density at radius 3 is 2.42 bits per heavy atom. The molecule has 1 aliphatic rings. The summed E-state index contributed by atoms with van der Waals surface area (Å²) in [4.78, 5) is 12.7. The smallest absolute Gasteiger partial charge is 0.157 e. The summed E-state index contributed by atoms with van der Waals surface area (Å²) in [6.07, 6.45) is 1.53. The van der Waals surface area contributed by atoms with Gasteiger partial charge in [-0.05, 0) is 26.0 Å². The fourth-order valence-corrected chi connectivity index (χ4v) is 2.89. The van der Waals surface area contributed by atoms with Crippen LogP contribution in [0, 0.1) is 5.82 Å². The predicted octanol–water partition coefficient (Wildman–Crippen LogP) is 2.34. The lowest BCUT2D eigenvalue weighted by Gasteiger charge is -2.37. The monoisotopic (exact) mass is 330 g/mol. The number of nitrogen functional groups attached to an aromatic ring is 1. The van der Waals surface area contributed by atoms with E-state index in [-0.39, 0.29) is 11.9 Å². The first-order chi connectivity index (χ1) is 11.6. The number of hydrogen-bond acceptors (Lipinski definition) is 6. The van der Waals surface area contributed by atoms with Crippen molar-refractivity contribution in [2.24, 2.45) is 0 Å². The van der Waals surface area contributed by atoms with E-state index in [9.17, 15) is 4.39 Å². The summed E-state index contributed by atoms with van der Waals surface area (Å²) in [5, 5.41) is 3.23. The number of benzene rings is 1. The number of nitrogens with two attached hydrogens (primary N) is 1. The van der Waals surface area contributed by atoms with Crippen LogP contribution in [0.2, 0.25) is 0 Å². The molecule has 24 heavy (non-hydrogen) atoms. The van der Waals surface area contributed by atoms with Crippen molar-refractivity contribution < 1.29 is 4.39 Å². The van der Waals surface area contributed by atoms with Gasteiger partial charge in [-0.15, -0.1) is 0 Å². The van der Waals surface area contributed by atoms with Crippen molar-refractivity contribution in [2.75, 3.05) is 47.0 Å². The highest BCUT2D eigenvalue weighted by Gasteiger charge is 2.22. The van der Waals surface area contributed by atoms with Crippen molar-refractivity contribution in [3.05, 3.63) is 36.4 Å². The van der Waals surface area contributed by atoms with Gasteiger partial charge in [-0.2, -0.15) is 0 Å². The van der Waals surface area contributed by atoms with Gasteiger partial charge in [0, 0.05) is 32.2 Å². The summed E-state index contributed by atoms with van der Waals surface area (Å²) in [5.74, 6) is 1.21. The minimum absolute atomic E-state index is 0.184. The fourth-order valence-electron chi connectivity index (χ4n) is 2.89. The number of nitrogens with zero attached hydrogens (tertiary/aromatic N) is 4. The van der Waals surface area contributed by atoms with Gasteiger partial charge >= 0.3 is 0 Å². The van der Waals surface area contributed by atoms with Gasteiger partial charge in [0.05, 0.1) is 5.69 Å². The molecule has 3 rings (SSSR count). The van der Waals surface area contributed by atoms with E-state index in [1.54, 1.807) is 6.07 Å². The van der Waals surface area contributed by atoms with Crippen LogP contribution in [0.1, 0.15) is 13.8 Å². The molecule has 128 valence electrons. The molecule has 3 N–H and O–H groups in total. The minimum atomic E-state index is -0.184. The topological polar surface area (TPSA) is 70.3 Å². The van der Waals surface area contributed by atoms with E-state index in [1.807, 2.05) is 26.0 Å². The maximum absolute atomic E-state index is 13.9. The van der Waals surface area contributed by atoms with Crippen LogP contribution in [0.3, 0.4) is 0 Å². The van der Waals surface area contributed by atoms with Crippen molar-refractivity contribution in [3.63, 3.8) is 0 Å². The molecule has 1 saturated heterocycles. The molecule has 1 aromatic carbocycles. The highest BCUT2D eigenvalue weighted by molar-refractivity contribution is 5.75. The van der Waals surface area contributed by atoms with Crippen LogP contribution < -0.4 is 20.9 Å². The summed E-state index contributed by atoms with van der Waals surface area (Å²) >= 11 is 0. The SMILES string of the molecule is CC(C)Nc1ncnc(N2CCN(c3ccccc3F)CC2)c1N. The number of para-hydroxylation sites is 1. The zero-order valence-electron chi connectivity index (χ0n) is 14.0. The summed E-state index contributed by atoms with van der Waals surface area (Å²) < 4.78 is 13.9. The largest absolute Gasteiger partial charge is 0.393 e. The molecule has 0 radical (unpaired) electrons. The fraction of sp³-hybridized carbons (Fsp3) is 0.412. The maximum Gasteiger partial charge on any atom is 0.157 e. The van der Waals surface area contributed by atoms with Gasteiger partial charge in [-0.3, -0.25) is 0 Å². The lowest BCUT2D eigenvalue weighted by Crippen LogP contribution is -2.47. The first kappa shape index (κ1) is 16.3. The van der Waals surface area contributed by atoms with Crippen molar-refractivity contribution >= 4 is 23.0 Å². The average Bonchev–Trinajstić information content (AvgIpc) is 2.57. The van der Waals surface area contributed by atoms with Gasteiger partial charge in [0.25, 0.3) is 0 Å². The molecule has 0 spiro atoms. The van der Waals surface area contributed by atoms with Gasteiger partial charge in [-0.1, -0.05) is 12.1 Å². The number of hydrogen-bond donors (Lipinski definition) is 2. The normalized spacial score (nSPS) is 15.0. The van der Waals surface area contributed by atoms with Crippen LogP contribution >= 0.6 is 0 Å². The van der Waals surface area contributed by atoms with E-state index in [2.05, 4.69) is 25.1 Å². The van der Waals surface area contributed by atoms with Crippen LogP contribution in [0.15, 0.2) is 30.6 Å². The van der Waals surface area contributed by atoms with Gasteiger partial charge in [-0.25, -0.2) is 14.4 Å². The molecule has 0 saturated carbocycles. The van der Waals surface area contributed by atoms with Crippen LogP contribution in [0.4, 0.5) is 27.4 Å². The minimum Gasteiger partial charge on any atom is -0.393 e. The highest BCUT2D eigenvalue weighted by atomic mass is 19.1. The molecule has 1 aromatic heterocycles. The summed E-state index contributed by atoms with van der Waals surface area (Å²) in [6, 6.07) is 7.12. The number of aromatic nitrogens is 2. The second-order valence-corrected chi connectivity index (χ2v) is 6.18. The average molecular weight is 330 g/mol. The number of piperazine rings is 1. The van der Waals surface area contributed by atoms with Crippen molar-refractivity contribution in [2.45, 2.75) is 19.9 Å². The molecule has 2 heterocycles. The Hall–Kier alpha value is -2.57. The standard InChI is InChI=1S/C17H23FN6/c1-12(2)22-16-15(19)17(21-11-20-16)24-9-7-23(8-10-24)14-6-4-3-5-13(14)18/h3-6,11-12H,7-10,19H2,1-2H3,(H,20,21,22). The van der Waals surface area contributed by atoms with E-state index in [0.29, 0.717) is 17.2 Å². The summed E-state index contributed by atoms with van der Waals surface area (Å²) in [7, 11) is 0. The first-order valence-corrected chi connectivity index (χ1v) is 8.17. The Morgan fingerprint density at radius 1 is 1.08 bits per heavy atom. The third kappa shape index (κ3) is 3.34. The Bertz CT molecular complexity index is 697. The predicted molar refractivity (Wildman–Crippen MR) is 96.0 cm³/mol. The zero-order valence-corrected chi connectivity index (χ0v) is 14.0. The molecule has 6 nitrogen and oxygen atoms in total. The van der Waals surface area contributed by atoms with Crippen molar-refractivity contribution in [3.8, 4) is 0 Å².